The molecule has 0 saturated heterocycles. The molecule has 0 aromatic heterocycles. The standard InChI is InChI=1S/C9H14O.ClH.2H3N/c1-7-4-8(10)6-9(2,3)5-7;;;/h4H,5-6H2,1-3H3;1H;2*1H3. The lowest BCUT2D eigenvalue weighted by Crippen LogP contribution is -2.20. The highest BCUT2D eigenvalue weighted by atomic mass is 35.5. The first-order valence-corrected chi connectivity index (χ1v) is 3.70. The maximum Gasteiger partial charge on any atom is 0.156 e. The van der Waals surface area contributed by atoms with E-state index in [9.17, 15) is 4.79 Å². The topological polar surface area (TPSA) is 87.1 Å². The van der Waals surface area contributed by atoms with Crippen molar-refractivity contribution in [1.82, 2.24) is 12.3 Å². The van der Waals surface area contributed by atoms with E-state index in [2.05, 4.69) is 13.8 Å². The van der Waals surface area contributed by atoms with Crippen LogP contribution in [-0.4, -0.2) is 5.78 Å². The van der Waals surface area contributed by atoms with Crippen molar-refractivity contribution >= 4 is 18.2 Å². The Morgan fingerprint density at radius 2 is 1.69 bits per heavy atom. The van der Waals surface area contributed by atoms with E-state index in [4.69, 9.17) is 0 Å². The van der Waals surface area contributed by atoms with Gasteiger partial charge in [0, 0.05) is 6.42 Å². The molecular formula is C9H21ClN2O. The number of carbonyl (C=O) groups is 1. The normalized spacial score (nSPS) is 18.7. The number of halogens is 1. The minimum atomic E-state index is 0. The zero-order valence-electron chi connectivity index (χ0n) is 8.72. The van der Waals surface area contributed by atoms with E-state index >= 15 is 0 Å². The van der Waals surface area contributed by atoms with Gasteiger partial charge in [0.2, 0.25) is 0 Å². The van der Waals surface area contributed by atoms with Gasteiger partial charge in [-0.2, -0.15) is 0 Å². The minimum Gasteiger partial charge on any atom is -0.344 e. The Labute approximate surface area is 86.5 Å². The summed E-state index contributed by atoms with van der Waals surface area (Å²) < 4.78 is 0. The third-order valence-corrected chi connectivity index (χ3v) is 1.82. The Balaban J connectivity index is -0.000000333. The van der Waals surface area contributed by atoms with E-state index in [1.54, 1.807) is 6.08 Å². The Bertz CT molecular complexity index is 200. The van der Waals surface area contributed by atoms with E-state index in [1.165, 1.54) is 5.57 Å². The van der Waals surface area contributed by atoms with Crippen LogP contribution in [0.15, 0.2) is 11.6 Å². The van der Waals surface area contributed by atoms with Gasteiger partial charge in [0.05, 0.1) is 0 Å². The Kier molecular flexibility index (Phi) is 8.68. The molecule has 1 rings (SSSR count). The van der Waals surface area contributed by atoms with Gasteiger partial charge in [0.25, 0.3) is 0 Å². The molecule has 0 radical (unpaired) electrons. The van der Waals surface area contributed by atoms with E-state index in [0.29, 0.717) is 6.42 Å². The SMILES string of the molecule is CC1=CC(=O)CC(C)(C)C1.Cl.N.N. The summed E-state index contributed by atoms with van der Waals surface area (Å²) >= 11 is 0. The average molecular weight is 209 g/mol. The molecule has 0 amide bonds. The van der Waals surface area contributed by atoms with Gasteiger partial charge in [-0.15, -0.1) is 12.4 Å². The van der Waals surface area contributed by atoms with Gasteiger partial charge in [-0.05, 0) is 24.8 Å². The monoisotopic (exact) mass is 208 g/mol. The second-order valence-corrected chi connectivity index (χ2v) is 3.97. The molecule has 0 bridgehead atoms. The summed E-state index contributed by atoms with van der Waals surface area (Å²) in [6.07, 6.45) is 3.55. The highest BCUT2D eigenvalue weighted by Crippen LogP contribution is 2.32. The maximum atomic E-state index is 11.0. The van der Waals surface area contributed by atoms with Crippen LogP contribution in [0.4, 0.5) is 0 Å². The number of carbonyl (C=O) groups excluding carboxylic acids is 1. The number of allylic oxidation sites excluding steroid dienone is 2. The fourth-order valence-electron chi connectivity index (χ4n) is 1.67. The lowest BCUT2D eigenvalue weighted by atomic mass is 9.77. The third kappa shape index (κ3) is 5.80. The molecule has 0 unspecified atom stereocenters. The summed E-state index contributed by atoms with van der Waals surface area (Å²) in [5.74, 6) is 0.286. The van der Waals surface area contributed by atoms with Crippen molar-refractivity contribution in [2.45, 2.75) is 33.6 Å². The highest BCUT2D eigenvalue weighted by molar-refractivity contribution is 5.91. The number of hydrogen-bond acceptors (Lipinski definition) is 3. The lowest BCUT2D eigenvalue weighted by molar-refractivity contribution is -0.117. The zero-order valence-corrected chi connectivity index (χ0v) is 9.54. The second-order valence-electron chi connectivity index (χ2n) is 3.97. The molecule has 0 aliphatic heterocycles. The second kappa shape index (κ2) is 6.13. The van der Waals surface area contributed by atoms with Crippen molar-refractivity contribution in [3.05, 3.63) is 11.6 Å². The lowest BCUT2D eigenvalue weighted by Gasteiger charge is -2.27. The molecule has 0 spiro atoms. The van der Waals surface area contributed by atoms with Crippen LogP contribution in [0.25, 0.3) is 0 Å². The molecule has 0 aromatic rings. The van der Waals surface area contributed by atoms with Crippen molar-refractivity contribution in [1.29, 1.82) is 0 Å². The first-order valence-electron chi connectivity index (χ1n) is 3.70. The molecule has 1 aliphatic rings. The molecule has 0 aromatic carbocycles. The van der Waals surface area contributed by atoms with Crippen LogP contribution in [0.2, 0.25) is 0 Å². The first kappa shape index (κ1) is 18.4. The Morgan fingerprint density at radius 1 is 1.23 bits per heavy atom. The van der Waals surface area contributed by atoms with Gasteiger partial charge in [-0.3, -0.25) is 4.79 Å². The van der Waals surface area contributed by atoms with Crippen LogP contribution in [0, 0.1) is 5.41 Å². The van der Waals surface area contributed by atoms with Gasteiger partial charge in [-0.1, -0.05) is 19.4 Å². The zero-order chi connectivity index (χ0) is 7.78. The molecule has 0 saturated carbocycles. The first-order chi connectivity index (χ1) is 4.49. The van der Waals surface area contributed by atoms with Crippen molar-refractivity contribution in [3.8, 4) is 0 Å². The van der Waals surface area contributed by atoms with Crippen LogP contribution in [-0.2, 0) is 4.79 Å². The van der Waals surface area contributed by atoms with Crippen molar-refractivity contribution in [3.63, 3.8) is 0 Å². The summed E-state index contributed by atoms with van der Waals surface area (Å²) in [4.78, 5) is 11.0. The number of ketones is 1. The smallest absolute Gasteiger partial charge is 0.156 e. The minimum absolute atomic E-state index is 0. The van der Waals surface area contributed by atoms with Crippen LogP contribution in [0.3, 0.4) is 0 Å². The van der Waals surface area contributed by atoms with Gasteiger partial charge < -0.3 is 12.3 Å². The highest BCUT2D eigenvalue weighted by Gasteiger charge is 2.25. The average Bonchev–Trinajstić information content (AvgIpc) is 1.54. The molecule has 0 heterocycles. The van der Waals surface area contributed by atoms with Crippen molar-refractivity contribution < 1.29 is 4.79 Å². The molecular weight excluding hydrogens is 188 g/mol. The Morgan fingerprint density at radius 3 is 2.00 bits per heavy atom. The van der Waals surface area contributed by atoms with E-state index in [0.717, 1.165) is 6.42 Å². The molecule has 6 N–H and O–H groups in total. The fraction of sp³-hybridized carbons (Fsp3) is 0.667. The Hall–Kier alpha value is -0.380. The van der Waals surface area contributed by atoms with Gasteiger partial charge in [0.15, 0.2) is 5.78 Å². The maximum absolute atomic E-state index is 11.0. The summed E-state index contributed by atoms with van der Waals surface area (Å²) in [5.41, 5.74) is 1.43. The van der Waals surface area contributed by atoms with Gasteiger partial charge in [0.1, 0.15) is 0 Å². The predicted molar refractivity (Wildman–Crippen MR) is 59.1 cm³/mol. The molecule has 4 heteroatoms. The van der Waals surface area contributed by atoms with Gasteiger partial charge >= 0.3 is 0 Å². The van der Waals surface area contributed by atoms with Crippen LogP contribution in [0.5, 0.6) is 0 Å². The summed E-state index contributed by atoms with van der Waals surface area (Å²) in [6.45, 7) is 6.31. The van der Waals surface area contributed by atoms with Gasteiger partial charge in [-0.25, -0.2) is 0 Å². The summed E-state index contributed by atoms with van der Waals surface area (Å²) in [7, 11) is 0. The molecule has 1 aliphatic carbocycles. The van der Waals surface area contributed by atoms with Crippen LogP contribution in [0.1, 0.15) is 33.6 Å². The quantitative estimate of drug-likeness (QED) is 0.641. The predicted octanol–water partition coefficient (Wildman–Crippen LogP) is 3.07. The van der Waals surface area contributed by atoms with Crippen molar-refractivity contribution in [2.75, 3.05) is 0 Å². The van der Waals surface area contributed by atoms with Crippen LogP contribution >= 0.6 is 12.4 Å². The number of rotatable bonds is 0. The molecule has 13 heavy (non-hydrogen) atoms. The third-order valence-electron chi connectivity index (χ3n) is 1.82. The number of hydrogen-bond donors (Lipinski definition) is 2. The van der Waals surface area contributed by atoms with Crippen LogP contribution < -0.4 is 12.3 Å². The fourth-order valence-corrected chi connectivity index (χ4v) is 1.67. The molecule has 3 nitrogen and oxygen atoms in total. The molecule has 0 fully saturated rings. The summed E-state index contributed by atoms with van der Waals surface area (Å²) in [6, 6.07) is 0. The van der Waals surface area contributed by atoms with E-state index < -0.39 is 0 Å². The van der Waals surface area contributed by atoms with E-state index in [1.807, 2.05) is 6.92 Å². The molecule has 80 valence electrons. The largest absolute Gasteiger partial charge is 0.344 e. The summed E-state index contributed by atoms with van der Waals surface area (Å²) in [5, 5.41) is 0. The van der Waals surface area contributed by atoms with E-state index in [-0.39, 0.29) is 35.9 Å². The molecule has 0 atom stereocenters. The van der Waals surface area contributed by atoms with Crippen molar-refractivity contribution in [2.24, 2.45) is 5.41 Å².